The van der Waals surface area contributed by atoms with Gasteiger partial charge in [-0.15, -0.1) is 0 Å². The zero-order valence-corrected chi connectivity index (χ0v) is 10.1. The van der Waals surface area contributed by atoms with Gasteiger partial charge < -0.3 is 9.47 Å². The summed E-state index contributed by atoms with van der Waals surface area (Å²) in [4.78, 5) is 0. The van der Waals surface area contributed by atoms with E-state index in [-0.39, 0.29) is 17.6 Å². The predicted molar refractivity (Wildman–Crippen MR) is 65.9 cm³/mol. The van der Waals surface area contributed by atoms with Crippen LogP contribution in [0, 0.1) is 0 Å². The Labute approximate surface area is 103 Å². The molecule has 90 valence electrons. The monoisotopic (exact) mass is 250 g/mol. The highest BCUT2D eigenvalue weighted by atomic mass is 32.2. The number of fused-ring (bicyclic) bond motifs is 1. The first-order chi connectivity index (χ1) is 8.34. The molecule has 1 saturated heterocycles. The second-order valence-electron chi connectivity index (χ2n) is 4.19. The average Bonchev–Trinajstić information content (AvgIpc) is 2.40. The Kier molecular flexibility index (Phi) is 3.09. The van der Waals surface area contributed by atoms with Crippen LogP contribution in [0.1, 0.15) is 11.9 Å². The van der Waals surface area contributed by atoms with Gasteiger partial charge in [0.15, 0.2) is 6.29 Å². The van der Waals surface area contributed by atoms with E-state index in [1.54, 1.807) is 0 Å². The van der Waals surface area contributed by atoms with E-state index in [1.807, 2.05) is 42.5 Å². The van der Waals surface area contributed by atoms with Crippen molar-refractivity contribution in [2.45, 2.75) is 17.6 Å². The third kappa shape index (κ3) is 2.20. The Morgan fingerprint density at radius 2 is 2.06 bits per heavy atom. The van der Waals surface area contributed by atoms with Crippen LogP contribution in [0.2, 0.25) is 0 Å². The Balaban J connectivity index is 1.78. The summed E-state index contributed by atoms with van der Waals surface area (Å²) >= 11 is 0. The van der Waals surface area contributed by atoms with E-state index in [0.29, 0.717) is 12.4 Å². The number of rotatable bonds is 1. The van der Waals surface area contributed by atoms with Crippen LogP contribution in [0.25, 0.3) is 0 Å². The molecule has 0 radical (unpaired) electrons. The lowest BCUT2D eigenvalue weighted by Crippen LogP contribution is -2.44. The highest BCUT2D eigenvalue weighted by Crippen LogP contribution is 2.30. The minimum Gasteiger partial charge on any atom is -0.347 e. The third-order valence-corrected chi connectivity index (χ3v) is 4.66. The molecule has 1 unspecified atom stereocenters. The van der Waals surface area contributed by atoms with Gasteiger partial charge in [0.05, 0.1) is 18.0 Å². The Bertz CT molecular complexity index is 443. The van der Waals surface area contributed by atoms with Crippen molar-refractivity contribution in [3.05, 3.63) is 48.0 Å². The molecule has 0 spiro atoms. The predicted octanol–water partition coefficient (Wildman–Crippen LogP) is 1.79. The molecule has 2 heterocycles. The molecule has 1 fully saturated rings. The number of hydrogen-bond acceptors (Lipinski definition) is 3. The summed E-state index contributed by atoms with van der Waals surface area (Å²) in [7, 11) is -0.865. The van der Waals surface area contributed by atoms with Crippen LogP contribution < -0.4 is 0 Å². The van der Waals surface area contributed by atoms with Crippen molar-refractivity contribution in [3.63, 3.8) is 0 Å². The Hall–Kier alpha value is -0.970. The minimum absolute atomic E-state index is 0.0139. The van der Waals surface area contributed by atoms with Gasteiger partial charge in [0.2, 0.25) is 0 Å². The maximum absolute atomic E-state index is 11.8. The van der Waals surface area contributed by atoms with E-state index < -0.39 is 10.8 Å². The van der Waals surface area contributed by atoms with Gasteiger partial charge in [-0.05, 0) is 0 Å². The largest absolute Gasteiger partial charge is 0.347 e. The smallest absolute Gasteiger partial charge is 0.184 e. The number of ether oxygens (including phenoxy) is 2. The van der Waals surface area contributed by atoms with Crippen molar-refractivity contribution in [2.24, 2.45) is 0 Å². The van der Waals surface area contributed by atoms with Gasteiger partial charge in [0.25, 0.3) is 0 Å². The molecule has 17 heavy (non-hydrogen) atoms. The molecule has 0 aromatic heterocycles. The van der Waals surface area contributed by atoms with Gasteiger partial charge in [0, 0.05) is 22.1 Å². The van der Waals surface area contributed by atoms with Crippen molar-refractivity contribution >= 4 is 10.8 Å². The maximum Gasteiger partial charge on any atom is 0.184 e. The lowest BCUT2D eigenvalue weighted by Gasteiger charge is -2.36. The fourth-order valence-electron chi connectivity index (χ4n) is 2.13. The Morgan fingerprint density at radius 1 is 1.24 bits per heavy atom. The molecule has 0 bridgehead atoms. The lowest BCUT2D eigenvalue weighted by atomic mass is 10.1. The van der Waals surface area contributed by atoms with Gasteiger partial charge in [-0.25, -0.2) is 0 Å². The van der Waals surface area contributed by atoms with Crippen LogP contribution in [0.5, 0.6) is 0 Å². The summed E-state index contributed by atoms with van der Waals surface area (Å²) in [5.41, 5.74) is 1.01. The van der Waals surface area contributed by atoms with Crippen molar-refractivity contribution in [3.8, 4) is 0 Å². The standard InChI is InChI=1S/C13H14O3S/c14-17-8-4-7-11-12(17)9-15-13(16-11)10-5-2-1-3-6-10/h1-7,11-13H,8-9H2/t11-,12-,13-,17?/m1/s1. The summed E-state index contributed by atoms with van der Waals surface area (Å²) in [6.45, 7) is 0.501. The van der Waals surface area contributed by atoms with Crippen LogP contribution in [0.4, 0.5) is 0 Å². The third-order valence-electron chi connectivity index (χ3n) is 3.05. The molecule has 0 amide bonds. The molecule has 1 aromatic carbocycles. The minimum atomic E-state index is -0.865. The highest BCUT2D eigenvalue weighted by Gasteiger charge is 2.36. The van der Waals surface area contributed by atoms with Gasteiger partial charge in [-0.1, -0.05) is 42.5 Å². The molecule has 2 aliphatic heterocycles. The van der Waals surface area contributed by atoms with Gasteiger partial charge in [-0.3, -0.25) is 4.21 Å². The van der Waals surface area contributed by atoms with Crippen molar-refractivity contribution in [2.75, 3.05) is 12.4 Å². The Morgan fingerprint density at radius 3 is 2.88 bits per heavy atom. The highest BCUT2D eigenvalue weighted by molar-refractivity contribution is 7.85. The summed E-state index contributed by atoms with van der Waals surface area (Å²) in [5.74, 6) is 0.615. The van der Waals surface area contributed by atoms with Crippen LogP contribution >= 0.6 is 0 Å². The van der Waals surface area contributed by atoms with Crippen molar-refractivity contribution in [1.82, 2.24) is 0 Å². The summed E-state index contributed by atoms with van der Waals surface area (Å²) in [5, 5.41) is -0.0139. The molecule has 0 N–H and O–H groups in total. The zero-order chi connectivity index (χ0) is 11.7. The summed E-state index contributed by atoms with van der Waals surface area (Å²) < 4.78 is 23.3. The molecule has 2 aliphatic rings. The van der Waals surface area contributed by atoms with Crippen LogP contribution in [-0.2, 0) is 20.3 Å². The molecule has 4 heteroatoms. The molecule has 3 nitrogen and oxygen atoms in total. The average molecular weight is 250 g/mol. The van der Waals surface area contributed by atoms with Gasteiger partial charge in [-0.2, -0.15) is 0 Å². The van der Waals surface area contributed by atoms with E-state index in [4.69, 9.17) is 9.47 Å². The number of benzene rings is 1. The molecule has 4 atom stereocenters. The normalized spacial score (nSPS) is 36.5. The fourth-order valence-corrected chi connectivity index (χ4v) is 3.37. The van der Waals surface area contributed by atoms with E-state index in [0.717, 1.165) is 5.56 Å². The van der Waals surface area contributed by atoms with Crippen molar-refractivity contribution in [1.29, 1.82) is 0 Å². The van der Waals surface area contributed by atoms with Crippen LogP contribution in [-0.4, -0.2) is 27.9 Å². The second kappa shape index (κ2) is 4.72. The van der Waals surface area contributed by atoms with Crippen LogP contribution in [0.15, 0.2) is 42.5 Å². The first-order valence-electron chi connectivity index (χ1n) is 5.70. The molecule has 3 rings (SSSR count). The zero-order valence-electron chi connectivity index (χ0n) is 9.32. The fraction of sp³-hybridized carbons (Fsp3) is 0.385. The van der Waals surface area contributed by atoms with E-state index in [1.165, 1.54) is 0 Å². The molecule has 0 saturated carbocycles. The lowest BCUT2D eigenvalue weighted by molar-refractivity contribution is -0.202. The molecule has 0 aliphatic carbocycles. The molecule has 1 aromatic rings. The van der Waals surface area contributed by atoms with Gasteiger partial charge >= 0.3 is 0 Å². The van der Waals surface area contributed by atoms with E-state index in [9.17, 15) is 4.21 Å². The quantitative estimate of drug-likeness (QED) is 0.713. The maximum atomic E-state index is 11.8. The first kappa shape index (κ1) is 11.1. The SMILES string of the molecule is O=S1CC=C[C@H]2O[C@H](c3ccccc3)OC[C@H]21. The van der Waals surface area contributed by atoms with Gasteiger partial charge in [0.1, 0.15) is 0 Å². The van der Waals surface area contributed by atoms with E-state index in [2.05, 4.69) is 0 Å². The number of hydrogen-bond donors (Lipinski definition) is 0. The van der Waals surface area contributed by atoms with Crippen molar-refractivity contribution < 1.29 is 13.7 Å². The summed E-state index contributed by atoms with van der Waals surface area (Å²) in [6, 6.07) is 9.85. The molecular formula is C13H14O3S. The van der Waals surface area contributed by atoms with E-state index >= 15 is 0 Å². The first-order valence-corrected chi connectivity index (χ1v) is 7.08. The second-order valence-corrected chi connectivity index (χ2v) is 5.89. The van der Waals surface area contributed by atoms with Crippen LogP contribution in [0.3, 0.4) is 0 Å². The molecular weight excluding hydrogens is 236 g/mol. The topological polar surface area (TPSA) is 35.5 Å². The summed E-state index contributed by atoms with van der Waals surface area (Å²) in [6.07, 6.45) is 3.52.